The largest absolute Gasteiger partial charge is 0.478 e. The maximum Gasteiger partial charge on any atom is 0.335 e. The molecule has 2 aliphatic carbocycles. The van der Waals surface area contributed by atoms with Crippen LogP contribution in [0.2, 0.25) is 0 Å². The van der Waals surface area contributed by atoms with Gasteiger partial charge in [0.1, 0.15) is 0 Å². The van der Waals surface area contributed by atoms with Crippen molar-refractivity contribution in [3.8, 4) is 0 Å². The standard InChI is InChI=1S/C13H12O2.C8H8.C5H8O2/c14-13(15)12(11-7-3-4-8-11)9-10-5-1-2-6-10;1-2-8-6-4-3-5-7-8;1-3-5(6)7-4-2/h1-5,7,9H,6,8H2,(H,14,15);2-7H,1H2;3H,1,4H2,2H3. The van der Waals surface area contributed by atoms with Crippen LogP contribution in [0.1, 0.15) is 25.3 Å². The van der Waals surface area contributed by atoms with E-state index < -0.39 is 5.97 Å². The zero-order valence-electron chi connectivity index (χ0n) is 17.3. The number of hydrogen-bond acceptors (Lipinski definition) is 3. The summed E-state index contributed by atoms with van der Waals surface area (Å²) in [4.78, 5) is 21.2. The van der Waals surface area contributed by atoms with Crippen LogP contribution in [0.3, 0.4) is 0 Å². The number of ether oxygens (including phenoxy) is 1. The summed E-state index contributed by atoms with van der Waals surface area (Å²) in [6.45, 7) is 9.01. The predicted molar refractivity (Wildman–Crippen MR) is 123 cm³/mol. The molecule has 1 aromatic carbocycles. The molecule has 1 aromatic rings. The first kappa shape index (κ1) is 24.4. The fourth-order valence-corrected chi connectivity index (χ4v) is 2.49. The minimum atomic E-state index is -0.849. The van der Waals surface area contributed by atoms with E-state index in [1.54, 1.807) is 13.0 Å². The molecule has 30 heavy (non-hydrogen) atoms. The summed E-state index contributed by atoms with van der Waals surface area (Å²) >= 11 is 0. The van der Waals surface area contributed by atoms with E-state index in [0.29, 0.717) is 12.2 Å². The van der Waals surface area contributed by atoms with Crippen LogP contribution < -0.4 is 0 Å². The van der Waals surface area contributed by atoms with E-state index >= 15 is 0 Å². The van der Waals surface area contributed by atoms with Crippen molar-refractivity contribution in [1.29, 1.82) is 0 Å². The van der Waals surface area contributed by atoms with Gasteiger partial charge in [-0.3, -0.25) is 0 Å². The molecule has 0 bridgehead atoms. The van der Waals surface area contributed by atoms with Gasteiger partial charge < -0.3 is 9.84 Å². The number of aliphatic carboxylic acids is 1. The maximum atomic E-state index is 11.1. The molecule has 0 heterocycles. The Hall–Kier alpha value is -3.66. The summed E-state index contributed by atoms with van der Waals surface area (Å²) < 4.78 is 4.43. The molecule has 0 aromatic heterocycles. The van der Waals surface area contributed by atoms with E-state index in [-0.39, 0.29) is 5.97 Å². The Kier molecular flexibility index (Phi) is 11.7. The second-order valence-corrected chi connectivity index (χ2v) is 6.13. The second-order valence-electron chi connectivity index (χ2n) is 6.13. The third-order valence-electron chi connectivity index (χ3n) is 3.97. The molecular formula is C26H28O4. The number of carboxylic acid groups (broad SMARTS) is 1. The van der Waals surface area contributed by atoms with Crippen LogP contribution in [0.15, 0.2) is 109 Å². The molecule has 4 heteroatoms. The average Bonchev–Trinajstić information content (AvgIpc) is 3.47. The van der Waals surface area contributed by atoms with Gasteiger partial charge in [-0.1, -0.05) is 86.0 Å². The number of carbonyl (C=O) groups excluding carboxylic acids is 1. The van der Waals surface area contributed by atoms with Crippen LogP contribution >= 0.6 is 0 Å². The van der Waals surface area contributed by atoms with Gasteiger partial charge in [0, 0.05) is 6.08 Å². The van der Waals surface area contributed by atoms with Gasteiger partial charge in [-0.2, -0.15) is 0 Å². The van der Waals surface area contributed by atoms with Crippen molar-refractivity contribution in [2.45, 2.75) is 19.8 Å². The Morgan fingerprint density at radius 3 is 2.13 bits per heavy atom. The summed E-state index contributed by atoms with van der Waals surface area (Å²) in [7, 11) is 0. The molecule has 0 saturated carbocycles. The fourth-order valence-electron chi connectivity index (χ4n) is 2.49. The Morgan fingerprint density at radius 1 is 1.07 bits per heavy atom. The van der Waals surface area contributed by atoms with Gasteiger partial charge in [0.15, 0.2) is 0 Å². The molecule has 0 radical (unpaired) electrons. The number of benzene rings is 1. The highest BCUT2D eigenvalue weighted by atomic mass is 16.5. The molecule has 0 saturated heterocycles. The number of carboxylic acids is 1. The number of hydrogen-bond donors (Lipinski definition) is 1. The number of allylic oxidation sites excluding steroid dienone is 8. The third-order valence-corrected chi connectivity index (χ3v) is 3.97. The lowest BCUT2D eigenvalue weighted by Crippen LogP contribution is -2.03. The number of rotatable bonds is 6. The first-order valence-corrected chi connectivity index (χ1v) is 9.65. The van der Waals surface area contributed by atoms with E-state index in [4.69, 9.17) is 5.11 Å². The molecule has 0 atom stereocenters. The lowest BCUT2D eigenvalue weighted by Gasteiger charge is -2.03. The summed E-state index contributed by atoms with van der Waals surface area (Å²) in [5, 5.41) is 9.11. The Balaban J connectivity index is 0.000000254. The molecule has 1 N–H and O–H groups in total. The van der Waals surface area contributed by atoms with Crippen LogP contribution in [0, 0.1) is 0 Å². The summed E-state index contributed by atoms with van der Waals surface area (Å²) in [5.41, 5.74) is 3.53. The Labute approximate surface area is 178 Å². The highest BCUT2D eigenvalue weighted by Gasteiger charge is 2.14. The van der Waals surface area contributed by atoms with Crippen molar-refractivity contribution in [2.75, 3.05) is 6.61 Å². The maximum absolute atomic E-state index is 11.1. The lowest BCUT2D eigenvalue weighted by atomic mass is 10.0. The van der Waals surface area contributed by atoms with E-state index in [9.17, 15) is 9.59 Å². The van der Waals surface area contributed by atoms with Gasteiger partial charge in [-0.05, 0) is 42.6 Å². The van der Waals surface area contributed by atoms with Crippen LogP contribution in [-0.2, 0) is 14.3 Å². The molecule has 2 aliphatic rings. The smallest absolute Gasteiger partial charge is 0.335 e. The summed E-state index contributed by atoms with van der Waals surface area (Å²) in [6.07, 6.45) is 17.9. The molecule has 0 fully saturated rings. The van der Waals surface area contributed by atoms with Crippen molar-refractivity contribution >= 4 is 18.0 Å². The zero-order valence-corrected chi connectivity index (χ0v) is 17.3. The van der Waals surface area contributed by atoms with Gasteiger partial charge >= 0.3 is 11.9 Å². The first-order chi connectivity index (χ1) is 14.5. The highest BCUT2D eigenvalue weighted by Crippen LogP contribution is 2.23. The van der Waals surface area contributed by atoms with E-state index in [1.165, 1.54) is 5.56 Å². The quantitative estimate of drug-likeness (QED) is 0.478. The van der Waals surface area contributed by atoms with Gasteiger partial charge in [0.2, 0.25) is 0 Å². The SMILES string of the molecule is C=CC(=O)OCC.C=Cc1ccccc1.O=C(O)C(=CC1=CC=CC1)C1=CC=CC1. The second kappa shape index (κ2) is 14.4. The van der Waals surface area contributed by atoms with Crippen molar-refractivity contribution in [3.05, 3.63) is 114 Å². The Morgan fingerprint density at radius 2 is 1.73 bits per heavy atom. The minimum Gasteiger partial charge on any atom is -0.478 e. The van der Waals surface area contributed by atoms with Gasteiger partial charge in [-0.25, -0.2) is 9.59 Å². The molecule has 0 unspecified atom stereocenters. The van der Waals surface area contributed by atoms with E-state index in [1.807, 2.05) is 72.9 Å². The summed E-state index contributed by atoms with van der Waals surface area (Å²) in [6, 6.07) is 10.0. The number of esters is 1. The minimum absolute atomic E-state index is 0.359. The van der Waals surface area contributed by atoms with Crippen LogP contribution in [-0.4, -0.2) is 23.7 Å². The monoisotopic (exact) mass is 404 g/mol. The van der Waals surface area contributed by atoms with Crippen molar-refractivity contribution < 1.29 is 19.4 Å². The van der Waals surface area contributed by atoms with Crippen molar-refractivity contribution in [3.63, 3.8) is 0 Å². The van der Waals surface area contributed by atoms with Crippen molar-refractivity contribution in [1.82, 2.24) is 0 Å². The topological polar surface area (TPSA) is 63.6 Å². The fraction of sp³-hybridized carbons (Fsp3) is 0.154. The van der Waals surface area contributed by atoms with E-state index in [2.05, 4.69) is 17.9 Å². The molecule has 156 valence electrons. The molecule has 3 rings (SSSR count). The van der Waals surface area contributed by atoms with Gasteiger partial charge in [-0.15, -0.1) is 0 Å². The number of carbonyl (C=O) groups is 2. The third kappa shape index (κ3) is 9.51. The molecular weight excluding hydrogens is 376 g/mol. The Bertz CT molecular complexity index is 881. The van der Waals surface area contributed by atoms with Crippen molar-refractivity contribution in [2.24, 2.45) is 0 Å². The molecule has 0 aliphatic heterocycles. The summed E-state index contributed by atoms with van der Waals surface area (Å²) in [5.74, 6) is -1.21. The van der Waals surface area contributed by atoms with Crippen LogP contribution in [0.5, 0.6) is 0 Å². The molecule has 0 spiro atoms. The zero-order chi connectivity index (χ0) is 22.2. The highest BCUT2D eigenvalue weighted by molar-refractivity contribution is 5.93. The normalized spacial score (nSPS) is 13.7. The van der Waals surface area contributed by atoms with Gasteiger partial charge in [0.05, 0.1) is 12.2 Å². The van der Waals surface area contributed by atoms with Crippen LogP contribution in [0.25, 0.3) is 6.08 Å². The molecule has 4 nitrogen and oxygen atoms in total. The van der Waals surface area contributed by atoms with Crippen LogP contribution in [0.4, 0.5) is 0 Å². The van der Waals surface area contributed by atoms with E-state index in [0.717, 1.165) is 30.1 Å². The average molecular weight is 405 g/mol. The lowest BCUT2D eigenvalue weighted by molar-refractivity contribution is -0.137. The predicted octanol–water partition coefficient (Wildman–Crippen LogP) is 5.84. The first-order valence-electron chi connectivity index (χ1n) is 9.65. The van der Waals surface area contributed by atoms with Gasteiger partial charge in [0.25, 0.3) is 0 Å². The molecule has 0 amide bonds.